The lowest BCUT2D eigenvalue weighted by molar-refractivity contribution is -0.124. The molecule has 0 spiro atoms. The maximum Gasteiger partial charge on any atom is 0.237 e. The zero-order chi connectivity index (χ0) is 12.1. The number of likely N-dealkylation sites (N-methyl/N-ethyl adjacent to an activating group) is 1. The second-order valence-corrected chi connectivity index (χ2v) is 5.46. The van der Waals surface area contributed by atoms with Gasteiger partial charge in [-0.2, -0.15) is 0 Å². The molecule has 0 radical (unpaired) electrons. The van der Waals surface area contributed by atoms with E-state index in [1.165, 1.54) is 25.7 Å². The van der Waals surface area contributed by atoms with Gasteiger partial charge in [-0.05, 0) is 37.5 Å². The quantitative estimate of drug-likeness (QED) is 0.769. The third-order valence-electron chi connectivity index (χ3n) is 3.63. The molecule has 94 valence electrons. The van der Waals surface area contributed by atoms with Crippen LogP contribution in [-0.4, -0.2) is 25.0 Å². The minimum absolute atomic E-state index is 0.0385. The van der Waals surface area contributed by atoms with E-state index >= 15 is 0 Å². The number of carbonyl (C=O) groups is 1. The van der Waals surface area contributed by atoms with Gasteiger partial charge in [0.1, 0.15) is 0 Å². The fourth-order valence-electron chi connectivity index (χ4n) is 2.41. The van der Waals surface area contributed by atoms with E-state index in [9.17, 15) is 4.79 Å². The molecule has 1 rings (SSSR count). The molecule has 0 aromatic carbocycles. The Balaban J connectivity index is 2.45. The van der Waals surface area contributed by atoms with Gasteiger partial charge >= 0.3 is 0 Å². The second kappa shape index (κ2) is 6.24. The first kappa shape index (κ1) is 13.5. The Hall–Kier alpha value is -0.570. The molecule has 0 bridgehead atoms. The lowest BCUT2D eigenvalue weighted by Gasteiger charge is -2.31. The highest BCUT2D eigenvalue weighted by atomic mass is 16.2. The van der Waals surface area contributed by atoms with Crippen LogP contribution in [0.2, 0.25) is 0 Å². The highest BCUT2D eigenvalue weighted by Crippen LogP contribution is 2.24. The van der Waals surface area contributed by atoms with Crippen molar-refractivity contribution >= 4 is 5.91 Å². The van der Waals surface area contributed by atoms with Gasteiger partial charge in [0.05, 0.1) is 6.04 Å². The van der Waals surface area contributed by atoms with Gasteiger partial charge in [0.25, 0.3) is 0 Å². The summed E-state index contributed by atoms with van der Waals surface area (Å²) in [5.41, 5.74) is 0. The van der Waals surface area contributed by atoms with Gasteiger partial charge in [0, 0.05) is 13.1 Å². The van der Waals surface area contributed by atoms with Crippen LogP contribution in [0.25, 0.3) is 0 Å². The van der Waals surface area contributed by atoms with Gasteiger partial charge in [-0.15, -0.1) is 0 Å². The molecule has 1 amide bonds. The zero-order valence-corrected chi connectivity index (χ0v) is 11.0. The number of rotatable bonds is 4. The number of nitrogens with one attached hydrogen (secondary N) is 2. The van der Waals surface area contributed by atoms with Crippen molar-refractivity contribution in [3.8, 4) is 0 Å². The minimum atomic E-state index is -0.0385. The highest BCUT2D eigenvalue weighted by Gasteiger charge is 2.26. The summed E-state index contributed by atoms with van der Waals surface area (Å²) >= 11 is 0. The van der Waals surface area contributed by atoms with Gasteiger partial charge in [-0.25, -0.2) is 0 Å². The Morgan fingerprint density at radius 2 is 1.75 bits per heavy atom. The summed E-state index contributed by atoms with van der Waals surface area (Å²) < 4.78 is 0. The molecule has 0 saturated heterocycles. The molecule has 0 aromatic heterocycles. The first-order valence-electron chi connectivity index (χ1n) is 6.52. The summed E-state index contributed by atoms with van der Waals surface area (Å²) in [6.45, 7) is 6.51. The summed E-state index contributed by atoms with van der Waals surface area (Å²) in [5, 5.41) is 6.26. The van der Waals surface area contributed by atoms with E-state index < -0.39 is 0 Å². The molecule has 0 aromatic rings. The minimum Gasteiger partial charge on any atom is -0.358 e. The van der Waals surface area contributed by atoms with E-state index in [0.29, 0.717) is 12.0 Å². The third-order valence-corrected chi connectivity index (χ3v) is 3.63. The van der Waals surface area contributed by atoms with Crippen molar-refractivity contribution in [3.05, 3.63) is 0 Å². The van der Waals surface area contributed by atoms with Crippen molar-refractivity contribution in [2.75, 3.05) is 7.05 Å². The van der Waals surface area contributed by atoms with Crippen LogP contribution in [0.4, 0.5) is 0 Å². The Morgan fingerprint density at radius 3 is 2.19 bits per heavy atom. The Labute approximate surface area is 99.4 Å². The van der Waals surface area contributed by atoms with E-state index in [4.69, 9.17) is 0 Å². The van der Waals surface area contributed by atoms with E-state index in [-0.39, 0.29) is 11.9 Å². The van der Waals surface area contributed by atoms with Crippen LogP contribution in [-0.2, 0) is 4.79 Å². The van der Waals surface area contributed by atoms with Crippen molar-refractivity contribution < 1.29 is 4.79 Å². The molecule has 1 saturated carbocycles. The SMILES string of the molecule is CNC(=O)C(NC1CCC(C)CC1)C(C)C. The summed E-state index contributed by atoms with van der Waals surface area (Å²) in [5.74, 6) is 1.32. The molecule has 1 aliphatic rings. The molecule has 1 aliphatic carbocycles. The molecule has 0 heterocycles. The fraction of sp³-hybridized carbons (Fsp3) is 0.923. The predicted molar refractivity (Wildman–Crippen MR) is 67.2 cm³/mol. The van der Waals surface area contributed by atoms with Crippen molar-refractivity contribution in [3.63, 3.8) is 0 Å². The molecule has 1 unspecified atom stereocenters. The molecule has 1 atom stereocenters. The average molecular weight is 226 g/mol. The molecule has 0 aliphatic heterocycles. The molecular weight excluding hydrogens is 200 g/mol. The van der Waals surface area contributed by atoms with Crippen LogP contribution >= 0.6 is 0 Å². The van der Waals surface area contributed by atoms with Crippen LogP contribution in [0.15, 0.2) is 0 Å². The topological polar surface area (TPSA) is 41.1 Å². The van der Waals surface area contributed by atoms with Gasteiger partial charge in [-0.1, -0.05) is 20.8 Å². The Morgan fingerprint density at radius 1 is 1.19 bits per heavy atom. The predicted octanol–water partition coefficient (Wildman–Crippen LogP) is 1.93. The maximum atomic E-state index is 11.7. The largest absolute Gasteiger partial charge is 0.358 e. The lowest BCUT2D eigenvalue weighted by Crippen LogP contribution is -2.51. The van der Waals surface area contributed by atoms with E-state index in [0.717, 1.165) is 5.92 Å². The van der Waals surface area contributed by atoms with E-state index in [2.05, 4.69) is 31.4 Å². The zero-order valence-electron chi connectivity index (χ0n) is 11.0. The van der Waals surface area contributed by atoms with Crippen molar-refractivity contribution in [1.82, 2.24) is 10.6 Å². The monoisotopic (exact) mass is 226 g/mol. The van der Waals surface area contributed by atoms with Gasteiger partial charge in [0.2, 0.25) is 5.91 Å². The number of carbonyl (C=O) groups excluding carboxylic acids is 1. The summed E-state index contributed by atoms with van der Waals surface area (Å²) in [6, 6.07) is 0.490. The van der Waals surface area contributed by atoms with Gasteiger partial charge in [-0.3, -0.25) is 4.79 Å². The van der Waals surface area contributed by atoms with Crippen molar-refractivity contribution in [2.45, 2.75) is 58.5 Å². The number of hydrogen-bond donors (Lipinski definition) is 2. The van der Waals surface area contributed by atoms with Crippen LogP contribution in [0.5, 0.6) is 0 Å². The average Bonchev–Trinajstić information content (AvgIpc) is 2.27. The first-order chi connectivity index (χ1) is 7.54. The van der Waals surface area contributed by atoms with Crippen molar-refractivity contribution in [1.29, 1.82) is 0 Å². The first-order valence-corrected chi connectivity index (χ1v) is 6.52. The fourth-order valence-corrected chi connectivity index (χ4v) is 2.41. The lowest BCUT2D eigenvalue weighted by atomic mass is 9.86. The standard InChI is InChI=1S/C13H26N2O/c1-9(2)12(13(16)14-4)15-11-7-5-10(3)6-8-11/h9-12,15H,5-8H2,1-4H3,(H,14,16). The Bertz CT molecular complexity index is 220. The molecule has 16 heavy (non-hydrogen) atoms. The summed E-state index contributed by atoms with van der Waals surface area (Å²) in [7, 11) is 1.71. The second-order valence-electron chi connectivity index (χ2n) is 5.46. The smallest absolute Gasteiger partial charge is 0.237 e. The number of hydrogen-bond acceptors (Lipinski definition) is 2. The Kier molecular flexibility index (Phi) is 5.26. The van der Waals surface area contributed by atoms with Crippen molar-refractivity contribution in [2.24, 2.45) is 11.8 Å². The van der Waals surface area contributed by atoms with Crippen LogP contribution in [0, 0.1) is 11.8 Å². The molecule has 1 fully saturated rings. The molecule has 3 nitrogen and oxygen atoms in total. The van der Waals surface area contributed by atoms with Crippen LogP contribution < -0.4 is 10.6 Å². The van der Waals surface area contributed by atoms with E-state index in [1.54, 1.807) is 7.05 Å². The van der Waals surface area contributed by atoms with Gasteiger partial charge in [0.15, 0.2) is 0 Å². The van der Waals surface area contributed by atoms with Crippen LogP contribution in [0.1, 0.15) is 46.5 Å². The molecule has 3 heteroatoms. The molecular formula is C13H26N2O. The van der Waals surface area contributed by atoms with Crippen LogP contribution in [0.3, 0.4) is 0 Å². The normalized spacial score (nSPS) is 27.8. The maximum absolute atomic E-state index is 11.7. The molecule has 2 N–H and O–H groups in total. The third kappa shape index (κ3) is 3.78. The highest BCUT2D eigenvalue weighted by molar-refractivity contribution is 5.81. The summed E-state index contributed by atoms with van der Waals surface area (Å²) in [6.07, 6.45) is 5.00. The van der Waals surface area contributed by atoms with Gasteiger partial charge < -0.3 is 10.6 Å². The van der Waals surface area contributed by atoms with E-state index in [1.807, 2.05) is 0 Å². The summed E-state index contributed by atoms with van der Waals surface area (Å²) in [4.78, 5) is 11.7. The number of amides is 1.